The number of nitrogens with one attached hydrogen (secondary N) is 1. The number of carbonyl (C=O) groups is 1. The Morgan fingerprint density at radius 1 is 0.811 bits per heavy atom. The van der Waals surface area contributed by atoms with E-state index >= 15 is 0 Å². The summed E-state index contributed by atoms with van der Waals surface area (Å²) in [6.45, 7) is 0.0832. The molecule has 5 aromatic rings. The van der Waals surface area contributed by atoms with Crippen LogP contribution in [0.25, 0.3) is 0 Å². The summed E-state index contributed by atoms with van der Waals surface area (Å²) in [5.41, 5.74) is 3.89. The van der Waals surface area contributed by atoms with E-state index in [-0.39, 0.29) is 6.61 Å². The zero-order chi connectivity index (χ0) is 25.5. The Labute approximate surface area is 216 Å². The smallest absolute Gasteiger partial charge is 0.317 e. The number of hydrogen-bond acceptors (Lipinski definition) is 4. The monoisotopic (exact) mass is 483 g/mol. The molecule has 0 spiro atoms. The summed E-state index contributed by atoms with van der Waals surface area (Å²) < 4.78 is 5.98. The molecule has 0 aliphatic rings. The van der Waals surface area contributed by atoms with E-state index in [1.807, 2.05) is 91.0 Å². The molecule has 0 aliphatic heterocycles. The summed E-state index contributed by atoms with van der Waals surface area (Å²) in [6.07, 6.45) is 3.35. The van der Waals surface area contributed by atoms with Crippen molar-refractivity contribution < 1.29 is 9.53 Å². The van der Waals surface area contributed by atoms with E-state index in [9.17, 15) is 4.79 Å². The number of benzene rings is 4. The fraction of sp³-hybridized carbons (Fsp3) is 0.0938. The highest BCUT2D eigenvalue weighted by Crippen LogP contribution is 2.49. The van der Waals surface area contributed by atoms with Crippen LogP contribution < -0.4 is 0 Å². The average Bonchev–Trinajstić information content (AvgIpc) is 3.50. The topological polar surface area (TPSA) is 78.8 Å². The van der Waals surface area contributed by atoms with Gasteiger partial charge in [0.1, 0.15) is 12.5 Å². The summed E-state index contributed by atoms with van der Waals surface area (Å²) in [5.74, 6) is -1.18. The predicted octanol–water partition coefficient (Wildman–Crippen LogP) is 6.14. The summed E-state index contributed by atoms with van der Waals surface area (Å²) >= 11 is 0. The lowest BCUT2D eigenvalue weighted by atomic mass is 9.61. The van der Waals surface area contributed by atoms with Crippen molar-refractivity contribution in [2.75, 3.05) is 0 Å². The van der Waals surface area contributed by atoms with Crippen LogP contribution in [0.1, 0.15) is 39.4 Å². The first kappa shape index (κ1) is 23.8. The first-order valence-corrected chi connectivity index (χ1v) is 12.0. The van der Waals surface area contributed by atoms with E-state index in [1.54, 1.807) is 36.8 Å². The SMILES string of the molecule is N#Cc1ccc(COC(=O)C(c2c[nH]cn2)C(c2ccccc2)(c2ccccc2)c2ccccc2)cc1. The molecule has 1 unspecified atom stereocenters. The van der Waals surface area contributed by atoms with Gasteiger partial charge in [-0.3, -0.25) is 4.79 Å². The number of imidazole rings is 1. The number of hydrogen-bond donors (Lipinski definition) is 1. The summed E-state index contributed by atoms with van der Waals surface area (Å²) in [6, 6.07) is 39.3. The molecule has 1 atom stereocenters. The third kappa shape index (κ3) is 4.65. The van der Waals surface area contributed by atoms with Gasteiger partial charge in [0.15, 0.2) is 0 Å². The van der Waals surface area contributed by atoms with Gasteiger partial charge in [-0.25, -0.2) is 4.98 Å². The molecule has 0 bridgehead atoms. The van der Waals surface area contributed by atoms with E-state index in [4.69, 9.17) is 10.00 Å². The highest BCUT2D eigenvalue weighted by Gasteiger charge is 2.50. The third-order valence-corrected chi connectivity index (χ3v) is 6.64. The highest BCUT2D eigenvalue weighted by atomic mass is 16.5. The van der Waals surface area contributed by atoms with Gasteiger partial charge in [0, 0.05) is 6.20 Å². The van der Waals surface area contributed by atoms with E-state index in [1.165, 1.54) is 0 Å². The van der Waals surface area contributed by atoms with Gasteiger partial charge < -0.3 is 9.72 Å². The molecule has 0 amide bonds. The highest BCUT2D eigenvalue weighted by molar-refractivity contribution is 5.83. The molecule has 5 rings (SSSR count). The molecule has 0 saturated carbocycles. The first-order chi connectivity index (χ1) is 18.2. The molecular weight excluding hydrogens is 458 g/mol. The Bertz CT molecular complexity index is 1380. The minimum atomic E-state index is -0.916. The van der Waals surface area contributed by atoms with Crippen LogP contribution >= 0.6 is 0 Å². The molecule has 0 aliphatic carbocycles. The van der Waals surface area contributed by atoms with Crippen molar-refractivity contribution >= 4 is 5.97 Å². The largest absolute Gasteiger partial charge is 0.460 e. The maximum atomic E-state index is 14.2. The lowest BCUT2D eigenvalue weighted by Gasteiger charge is -2.40. The van der Waals surface area contributed by atoms with Crippen LogP contribution in [0.4, 0.5) is 0 Å². The fourth-order valence-corrected chi connectivity index (χ4v) is 4.97. The predicted molar refractivity (Wildman–Crippen MR) is 141 cm³/mol. The number of nitrogens with zero attached hydrogens (tertiary/aromatic N) is 2. The number of H-pyrrole nitrogens is 1. The Hall–Kier alpha value is -4.95. The molecule has 180 valence electrons. The Balaban J connectivity index is 1.69. The van der Waals surface area contributed by atoms with Crippen LogP contribution in [0.5, 0.6) is 0 Å². The second kappa shape index (κ2) is 10.8. The first-order valence-electron chi connectivity index (χ1n) is 12.0. The Morgan fingerprint density at radius 2 is 1.32 bits per heavy atom. The standard InChI is InChI=1S/C32H25N3O2/c33-20-24-16-18-25(19-17-24)22-37-31(36)30(29-21-34-23-35-29)32(26-10-4-1-5-11-26,27-12-6-2-7-13-27)28-14-8-3-9-15-28/h1-19,21,23,30H,22H2,(H,34,35). The van der Waals surface area contributed by atoms with Crippen LogP contribution in [-0.4, -0.2) is 15.9 Å². The maximum absolute atomic E-state index is 14.2. The second-order valence-electron chi connectivity index (χ2n) is 8.75. The van der Waals surface area contributed by atoms with Gasteiger partial charge in [-0.15, -0.1) is 0 Å². The van der Waals surface area contributed by atoms with E-state index in [0.717, 1.165) is 22.3 Å². The number of aromatic amines is 1. The van der Waals surface area contributed by atoms with Crippen molar-refractivity contribution in [3.63, 3.8) is 0 Å². The van der Waals surface area contributed by atoms with Crippen LogP contribution in [0.2, 0.25) is 0 Å². The van der Waals surface area contributed by atoms with Crippen molar-refractivity contribution in [1.29, 1.82) is 5.26 Å². The van der Waals surface area contributed by atoms with Crippen molar-refractivity contribution in [3.05, 3.63) is 161 Å². The summed E-state index contributed by atoms with van der Waals surface area (Å²) in [5, 5.41) is 9.09. The number of aromatic nitrogens is 2. The molecule has 1 aromatic heterocycles. The minimum Gasteiger partial charge on any atom is -0.460 e. The van der Waals surface area contributed by atoms with Crippen LogP contribution in [0.15, 0.2) is 128 Å². The van der Waals surface area contributed by atoms with Crippen LogP contribution in [0, 0.1) is 11.3 Å². The third-order valence-electron chi connectivity index (χ3n) is 6.64. The normalized spacial score (nSPS) is 11.9. The lowest BCUT2D eigenvalue weighted by molar-refractivity contribution is -0.148. The lowest BCUT2D eigenvalue weighted by Crippen LogP contribution is -2.41. The second-order valence-corrected chi connectivity index (χ2v) is 8.75. The molecule has 37 heavy (non-hydrogen) atoms. The molecule has 0 fully saturated rings. The molecule has 5 nitrogen and oxygen atoms in total. The van der Waals surface area contributed by atoms with Gasteiger partial charge >= 0.3 is 5.97 Å². The zero-order valence-corrected chi connectivity index (χ0v) is 20.1. The van der Waals surface area contributed by atoms with E-state index in [0.29, 0.717) is 11.3 Å². The fourth-order valence-electron chi connectivity index (χ4n) is 4.97. The molecule has 5 heteroatoms. The average molecular weight is 484 g/mol. The number of ether oxygens (including phenoxy) is 1. The van der Waals surface area contributed by atoms with Crippen molar-refractivity contribution in [3.8, 4) is 6.07 Å². The van der Waals surface area contributed by atoms with Crippen LogP contribution in [0.3, 0.4) is 0 Å². The van der Waals surface area contributed by atoms with Crippen molar-refractivity contribution in [2.45, 2.75) is 17.9 Å². The molecule has 0 radical (unpaired) electrons. The van der Waals surface area contributed by atoms with Gasteiger partial charge in [-0.05, 0) is 34.4 Å². The van der Waals surface area contributed by atoms with E-state index in [2.05, 4.69) is 16.0 Å². The quantitative estimate of drug-likeness (QED) is 0.212. The van der Waals surface area contributed by atoms with Gasteiger partial charge in [0.25, 0.3) is 0 Å². The molecule has 1 N–H and O–H groups in total. The summed E-state index contributed by atoms with van der Waals surface area (Å²) in [7, 11) is 0. The summed E-state index contributed by atoms with van der Waals surface area (Å²) in [4.78, 5) is 21.8. The van der Waals surface area contributed by atoms with Gasteiger partial charge in [0.05, 0.1) is 29.1 Å². The number of nitriles is 1. The molecule has 1 heterocycles. The van der Waals surface area contributed by atoms with Crippen molar-refractivity contribution in [1.82, 2.24) is 9.97 Å². The molecular formula is C32H25N3O2. The number of rotatable bonds is 8. The minimum absolute atomic E-state index is 0.0832. The zero-order valence-electron chi connectivity index (χ0n) is 20.1. The van der Waals surface area contributed by atoms with Crippen LogP contribution in [-0.2, 0) is 21.6 Å². The number of carbonyl (C=O) groups excluding carboxylic acids is 1. The van der Waals surface area contributed by atoms with Gasteiger partial charge in [-0.1, -0.05) is 103 Å². The van der Waals surface area contributed by atoms with Gasteiger partial charge in [0.2, 0.25) is 0 Å². The van der Waals surface area contributed by atoms with Crippen molar-refractivity contribution in [2.24, 2.45) is 0 Å². The Kier molecular flexibility index (Phi) is 6.91. The molecule has 4 aromatic carbocycles. The maximum Gasteiger partial charge on any atom is 0.317 e. The Morgan fingerprint density at radius 3 is 1.76 bits per heavy atom. The number of esters is 1. The molecule has 0 saturated heterocycles. The van der Waals surface area contributed by atoms with E-state index < -0.39 is 17.3 Å². The van der Waals surface area contributed by atoms with Gasteiger partial charge in [-0.2, -0.15) is 5.26 Å².